The van der Waals surface area contributed by atoms with Gasteiger partial charge in [0.2, 0.25) is 19.6 Å². The van der Waals surface area contributed by atoms with Gasteiger partial charge in [0.15, 0.2) is 5.41 Å². The van der Waals surface area contributed by atoms with Crippen LogP contribution in [0.25, 0.3) is 0 Å². The summed E-state index contributed by atoms with van der Waals surface area (Å²) < 4.78 is 0. The molecule has 13 nitrogen and oxygen atoms in total. The van der Waals surface area contributed by atoms with E-state index in [1.54, 1.807) is 0 Å². The average Bonchev–Trinajstić information content (AvgIpc) is 2.11. The Balaban J connectivity index is 5.08. The molecule has 0 aliphatic rings. The third-order valence-electron chi connectivity index (χ3n) is 1.87. The van der Waals surface area contributed by atoms with Crippen LogP contribution in [0.5, 0.6) is 0 Å². The molecule has 0 amide bonds. The highest BCUT2D eigenvalue weighted by molar-refractivity contribution is 4.77. The lowest BCUT2D eigenvalue weighted by molar-refractivity contribution is -0.765. The molecule has 0 heterocycles. The number of hydrogen-bond donors (Lipinski definition) is 0. The van der Waals surface area contributed by atoms with E-state index in [9.17, 15) is 40.5 Å². The molecule has 0 aromatic carbocycles. The fourth-order valence-electron chi connectivity index (χ4n) is 1.30. The summed E-state index contributed by atoms with van der Waals surface area (Å²) in [5.74, 6) is 0. The fourth-order valence-corrected chi connectivity index (χ4v) is 1.30. The lowest BCUT2D eigenvalue weighted by Gasteiger charge is -2.19. The highest BCUT2D eigenvalue weighted by Crippen LogP contribution is 2.19. The van der Waals surface area contributed by atoms with Gasteiger partial charge in [-0.2, -0.15) is 0 Å². The molecule has 0 bridgehead atoms. The van der Waals surface area contributed by atoms with Crippen LogP contribution in [0, 0.1) is 45.9 Å². The van der Waals surface area contributed by atoms with E-state index in [2.05, 4.69) is 4.84 Å². The van der Waals surface area contributed by atoms with Crippen molar-refractivity contribution in [3.05, 3.63) is 40.5 Å². The third-order valence-corrected chi connectivity index (χ3v) is 1.87. The van der Waals surface area contributed by atoms with Gasteiger partial charge in [0.25, 0.3) is 5.09 Å². The van der Waals surface area contributed by atoms with Crippen molar-refractivity contribution in [2.45, 2.75) is 0 Å². The SMILES string of the molecule is O=[N+]([O-])CC(CO[N+](=O)[O-])(C[N+](=O)[O-])C[N+](=O)[O-]. The lowest BCUT2D eigenvalue weighted by atomic mass is 9.89. The van der Waals surface area contributed by atoms with Crippen molar-refractivity contribution in [3.63, 3.8) is 0 Å². The van der Waals surface area contributed by atoms with Crippen molar-refractivity contribution in [1.82, 2.24) is 0 Å². The molecular weight excluding hydrogens is 260 g/mol. The van der Waals surface area contributed by atoms with E-state index in [-0.39, 0.29) is 0 Å². The molecule has 0 saturated carbocycles. The second-order valence-corrected chi connectivity index (χ2v) is 3.47. The Hall–Kier alpha value is -2.60. The molecule has 13 heteroatoms. The van der Waals surface area contributed by atoms with E-state index < -0.39 is 51.5 Å². The molecular formula is C5H8N4O9. The summed E-state index contributed by atoms with van der Waals surface area (Å²) in [4.78, 5) is 41.8. The monoisotopic (exact) mass is 268 g/mol. The van der Waals surface area contributed by atoms with Gasteiger partial charge in [0.1, 0.15) is 6.61 Å². The zero-order valence-electron chi connectivity index (χ0n) is 8.79. The topological polar surface area (TPSA) is 182 Å². The van der Waals surface area contributed by atoms with Gasteiger partial charge in [0, 0.05) is 14.8 Å². The maximum Gasteiger partial charge on any atom is 0.294 e. The minimum absolute atomic E-state index is 1.02. The molecule has 0 spiro atoms. The molecule has 0 aromatic rings. The first kappa shape index (κ1) is 15.4. The van der Waals surface area contributed by atoms with E-state index in [0.717, 1.165) is 0 Å². The summed E-state index contributed by atoms with van der Waals surface area (Å²) in [5.41, 5.74) is -2.16. The van der Waals surface area contributed by atoms with E-state index in [1.165, 1.54) is 0 Å². The maximum absolute atomic E-state index is 10.4. The van der Waals surface area contributed by atoms with Crippen LogP contribution in [0.3, 0.4) is 0 Å². The predicted octanol–water partition coefficient (Wildman–Crippen LogP) is -0.989. The predicted molar refractivity (Wildman–Crippen MR) is 51.0 cm³/mol. The van der Waals surface area contributed by atoms with Crippen molar-refractivity contribution in [3.8, 4) is 0 Å². The average molecular weight is 268 g/mol. The summed E-state index contributed by atoms with van der Waals surface area (Å²) in [5, 5.41) is 39.7. The van der Waals surface area contributed by atoms with E-state index >= 15 is 0 Å². The van der Waals surface area contributed by atoms with Gasteiger partial charge < -0.3 is 4.84 Å². The van der Waals surface area contributed by atoms with E-state index in [0.29, 0.717) is 0 Å². The van der Waals surface area contributed by atoms with Gasteiger partial charge in [-0.05, 0) is 0 Å². The second kappa shape index (κ2) is 6.21. The van der Waals surface area contributed by atoms with E-state index in [4.69, 9.17) is 0 Å². The van der Waals surface area contributed by atoms with Crippen LogP contribution in [0.15, 0.2) is 0 Å². The van der Waals surface area contributed by atoms with Crippen LogP contribution in [-0.2, 0) is 4.84 Å². The van der Waals surface area contributed by atoms with Crippen LogP contribution in [-0.4, -0.2) is 46.1 Å². The highest BCUT2D eigenvalue weighted by atomic mass is 16.9. The normalized spacial score (nSPS) is 10.7. The molecule has 0 aromatic heterocycles. The van der Waals surface area contributed by atoms with Gasteiger partial charge in [-0.25, -0.2) is 0 Å². The summed E-state index contributed by atoms with van der Waals surface area (Å²) in [7, 11) is 0. The molecule has 0 fully saturated rings. The second-order valence-electron chi connectivity index (χ2n) is 3.47. The molecule has 102 valence electrons. The molecule has 18 heavy (non-hydrogen) atoms. The first-order valence-corrected chi connectivity index (χ1v) is 4.29. The summed E-state index contributed by atoms with van der Waals surface area (Å²) in [6.07, 6.45) is 0. The molecule has 0 aliphatic carbocycles. The largest absolute Gasteiger partial charge is 0.312 e. The van der Waals surface area contributed by atoms with E-state index in [1.807, 2.05) is 0 Å². The molecule has 0 radical (unpaired) electrons. The van der Waals surface area contributed by atoms with Crippen LogP contribution in [0.1, 0.15) is 0 Å². The molecule has 0 N–H and O–H groups in total. The number of nitro groups is 3. The molecule has 0 aliphatic heterocycles. The third kappa shape index (κ3) is 6.09. The Kier molecular flexibility index (Phi) is 5.32. The number of rotatable bonds is 9. The number of hydrogen-bond acceptors (Lipinski definition) is 9. The Labute approximate surface area is 97.9 Å². The maximum atomic E-state index is 10.4. The van der Waals surface area contributed by atoms with Crippen molar-refractivity contribution in [1.29, 1.82) is 0 Å². The van der Waals surface area contributed by atoms with Gasteiger partial charge in [-0.15, -0.1) is 10.1 Å². The van der Waals surface area contributed by atoms with Gasteiger partial charge >= 0.3 is 0 Å². The molecule has 0 saturated heterocycles. The van der Waals surface area contributed by atoms with Crippen molar-refractivity contribution in [2.75, 3.05) is 26.2 Å². The minimum atomic E-state index is -2.16. The first-order valence-electron chi connectivity index (χ1n) is 4.29. The van der Waals surface area contributed by atoms with Crippen molar-refractivity contribution in [2.24, 2.45) is 5.41 Å². The zero-order valence-corrected chi connectivity index (χ0v) is 8.79. The summed E-state index contributed by atoms with van der Waals surface area (Å²) >= 11 is 0. The molecule has 0 unspecified atom stereocenters. The lowest BCUT2D eigenvalue weighted by Crippen LogP contribution is -2.46. The Morgan fingerprint density at radius 2 is 1.11 bits per heavy atom. The standard InChI is InChI=1S/C5H8N4O9/c10-6(11)1-5(2-7(12)13,3-8(14)15)4-18-9(16)17/h1-4H2. The van der Waals surface area contributed by atoms with Crippen LogP contribution >= 0.6 is 0 Å². The van der Waals surface area contributed by atoms with Gasteiger partial charge in [-0.3, -0.25) is 30.3 Å². The summed E-state index contributed by atoms with van der Waals surface area (Å²) in [6, 6.07) is 0. The Morgan fingerprint density at radius 1 is 0.778 bits per heavy atom. The number of nitrogens with zero attached hydrogens (tertiary/aromatic N) is 4. The quantitative estimate of drug-likeness (QED) is 0.374. The van der Waals surface area contributed by atoms with Crippen LogP contribution in [0.2, 0.25) is 0 Å². The Morgan fingerprint density at radius 3 is 1.33 bits per heavy atom. The van der Waals surface area contributed by atoms with Crippen molar-refractivity contribution >= 4 is 0 Å². The van der Waals surface area contributed by atoms with Crippen LogP contribution < -0.4 is 0 Å². The minimum Gasteiger partial charge on any atom is -0.312 e. The van der Waals surface area contributed by atoms with Gasteiger partial charge in [-0.1, -0.05) is 0 Å². The smallest absolute Gasteiger partial charge is 0.294 e. The summed E-state index contributed by atoms with van der Waals surface area (Å²) in [6.45, 7) is -4.63. The van der Waals surface area contributed by atoms with Gasteiger partial charge in [0.05, 0.1) is 0 Å². The first-order chi connectivity index (χ1) is 8.17. The fraction of sp³-hybridized carbons (Fsp3) is 1.00. The zero-order chi connectivity index (χ0) is 14.3. The molecule has 0 atom stereocenters. The highest BCUT2D eigenvalue weighted by Gasteiger charge is 2.47. The van der Waals surface area contributed by atoms with Crippen LogP contribution in [0.4, 0.5) is 0 Å². The molecule has 0 rings (SSSR count). The Bertz CT molecular complexity index is 327. The van der Waals surface area contributed by atoms with Crippen molar-refractivity contribution < 1.29 is 24.7 Å².